The molecule has 4 nitrogen and oxygen atoms in total. The van der Waals surface area contributed by atoms with E-state index >= 15 is 0 Å². The first-order chi connectivity index (χ1) is 9.51. The Bertz CT molecular complexity index is 662. The fourth-order valence-electron chi connectivity index (χ4n) is 1.60. The summed E-state index contributed by atoms with van der Waals surface area (Å²) in [6, 6.07) is 5.76. The van der Waals surface area contributed by atoms with Gasteiger partial charge in [0, 0.05) is 16.7 Å². The third-order valence-electron chi connectivity index (χ3n) is 2.71. The number of aromatic nitrogens is 1. The third-order valence-corrected chi connectivity index (χ3v) is 3.54. The standard InChI is InChI=1S/C14H12BrFN2O2/c1-8-5-13(17-7-11(8)15)18-14(19)10-4-3-9(20-2)6-12(10)16/h3-7H,1-2H3,(H,17,18,19). The summed E-state index contributed by atoms with van der Waals surface area (Å²) in [4.78, 5) is 16.0. The molecule has 20 heavy (non-hydrogen) atoms. The minimum Gasteiger partial charge on any atom is -0.497 e. The number of amides is 1. The number of carbonyl (C=O) groups is 1. The minimum absolute atomic E-state index is 0.0619. The smallest absolute Gasteiger partial charge is 0.259 e. The van der Waals surface area contributed by atoms with Crippen LogP contribution in [0.3, 0.4) is 0 Å². The summed E-state index contributed by atoms with van der Waals surface area (Å²) >= 11 is 3.32. The Labute approximate surface area is 124 Å². The van der Waals surface area contributed by atoms with E-state index in [2.05, 4.69) is 26.2 Å². The molecule has 0 aliphatic rings. The maximum atomic E-state index is 13.8. The number of benzene rings is 1. The normalized spacial score (nSPS) is 10.2. The van der Waals surface area contributed by atoms with E-state index in [-0.39, 0.29) is 5.56 Å². The molecule has 1 aromatic carbocycles. The fourth-order valence-corrected chi connectivity index (χ4v) is 1.82. The van der Waals surface area contributed by atoms with Gasteiger partial charge in [-0.1, -0.05) is 0 Å². The Morgan fingerprint density at radius 2 is 2.15 bits per heavy atom. The van der Waals surface area contributed by atoms with Crippen LogP contribution in [0.2, 0.25) is 0 Å². The molecule has 0 radical (unpaired) electrons. The lowest BCUT2D eigenvalue weighted by Crippen LogP contribution is -2.14. The number of pyridine rings is 1. The molecule has 2 aromatic rings. The van der Waals surface area contributed by atoms with Crippen molar-refractivity contribution in [3.8, 4) is 5.75 Å². The molecule has 0 spiro atoms. The highest BCUT2D eigenvalue weighted by atomic mass is 79.9. The van der Waals surface area contributed by atoms with Crippen LogP contribution in [0.4, 0.5) is 10.2 Å². The zero-order valence-electron chi connectivity index (χ0n) is 10.9. The first-order valence-corrected chi connectivity index (χ1v) is 6.57. The quantitative estimate of drug-likeness (QED) is 0.930. The number of anilines is 1. The van der Waals surface area contributed by atoms with Crippen molar-refractivity contribution in [3.05, 3.63) is 51.9 Å². The van der Waals surface area contributed by atoms with Crippen molar-refractivity contribution in [2.24, 2.45) is 0 Å². The van der Waals surface area contributed by atoms with Crippen LogP contribution < -0.4 is 10.1 Å². The fraction of sp³-hybridized carbons (Fsp3) is 0.143. The average Bonchev–Trinajstić information content (AvgIpc) is 2.42. The van der Waals surface area contributed by atoms with Crippen molar-refractivity contribution in [1.29, 1.82) is 0 Å². The minimum atomic E-state index is -0.643. The van der Waals surface area contributed by atoms with Gasteiger partial charge in [0.1, 0.15) is 17.4 Å². The Kier molecular flexibility index (Phi) is 4.34. The number of nitrogens with one attached hydrogen (secondary N) is 1. The largest absolute Gasteiger partial charge is 0.497 e. The summed E-state index contributed by atoms with van der Waals surface area (Å²) in [5, 5.41) is 2.55. The van der Waals surface area contributed by atoms with Crippen LogP contribution in [-0.4, -0.2) is 18.0 Å². The molecule has 1 heterocycles. The molecule has 104 valence electrons. The highest BCUT2D eigenvalue weighted by Crippen LogP contribution is 2.20. The predicted molar refractivity (Wildman–Crippen MR) is 77.6 cm³/mol. The van der Waals surface area contributed by atoms with E-state index in [1.165, 1.54) is 19.2 Å². The van der Waals surface area contributed by atoms with Crippen LogP contribution in [0.5, 0.6) is 5.75 Å². The van der Waals surface area contributed by atoms with E-state index in [0.717, 1.165) is 16.1 Å². The molecule has 1 N–H and O–H groups in total. The number of methoxy groups -OCH3 is 1. The molecule has 6 heteroatoms. The first-order valence-electron chi connectivity index (χ1n) is 5.78. The van der Waals surface area contributed by atoms with Crippen LogP contribution in [0.1, 0.15) is 15.9 Å². The zero-order chi connectivity index (χ0) is 14.7. The number of hydrogen-bond acceptors (Lipinski definition) is 3. The van der Waals surface area contributed by atoms with Gasteiger partial charge in [-0.3, -0.25) is 4.79 Å². The Hall–Kier alpha value is -1.95. The Balaban J connectivity index is 2.21. The molecule has 1 aromatic heterocycles. The van der Waals surface area contributed by atoms with Gasteiger partial charge in [0.2, 0.25) is 0 Å². The highest BCUT2D eigenvalue weighted by molar-refractivity contribution is 9.10. The number of carbonyl (C=O) groups excluding carboxylic acids is 1. The van der Waals surface area contributed by atoms with Gasteiger partial charge in [0.25, 0.3) is 5.91 Å². The third kappa shape index (κ3) is 3.14. The predicted octanol–water partition coefficient (Wildman–Crippen LogP) is 3.55. The van der Waals surface area contributed by atoms with Crippen LogP contribution in [0, 0.1) is 12.7 Å². The maximum Gasteiger partial charge on any atom is 0.259 e. The summed E-state index contributed by atoms with van der Waals surface area (Å²) in [7, 11) is 1.43. The van der Waals surface area contributed by atoms with Crippen LogP contribution in [-0.2, 0) is 0 Å². The van der Waals surface area contributed by atoms with E-state index in [0.29, 0.717) is 11.6 Å². The SMILES string of the molecule is COc1ccc(C(=O)Nc2cc(C)c(Br)cn2)c(F)c1. The summed E-state index contributed by atoms with van der Waals surface area (Å²) in [6.07, 6.45) is 1.58. The van der Waals surface area contributed by atoms with Gasteiger partial charge in [0.15, 0.2) is 0 Å². The summed E-state index contributed by atoms with van der Waals surface area (Å²) in [5.74, 6) is -0.474. The summed E-state index contributed by atoms with van der Waals surface area (Å²) in [5.41, 5.74) is 0.860. The van der Waals surface area contributed by atoms with Gasteiger partial charge in [-0.2, -0.15) is 0 Å². The molecule has 0 saturated heterocycles. The highest BCUT2D eigenvalue weighted by Gasteiger charge is 2.13. The summed E-state index contributed by atoms with van der Waals surface area (Å²) < 4.78 is 19.5. The lowest BCUT2D eigenvalue weighted by Gasteiger charge is -2.08. The van der Waals surface area contributed by atoms with Gasteiger partial charge < -0.3 is 10.1 Å². The number of hydrogen-bond donors (Lipinski definition) is 1. The van der Waals surface area contributed by atoms with Gasteiger partial charge in [-0.15, -0.1) is 0 Å². The van der Waals surface area contributed by atoms with Crippen LogP contribution in [0.15, 0.2) is 34.9 Å². The van der Waals surface area contributed by atoms with E-state index in [4.69, 9.17) is 4.74 Å². The second-order valence-electron chi connectivity index (χ2n) is 4.12. The van der Waals surface area contributed by atoms with Gasteiger partial charge in [-0.25, -0.2) is 9.37 Å². The van der Waals surface area contributed by atoms with E-state index in [9.17, 15) is 9.18 Å². The number of ether oxygens (including phenoxy) is 1. The van der Waals surface area contributed by atoms with Gasteiger partial charge >= 0.3 is 0 Å². The van der Waals surface area contributed by atoms with E-state index in [1.54, 1.807) is 12.3 Å². The molecule has 0 fully saturated rings. The number of halogens is 2. The number of rotatable bonds is 3. The molecule has 0 aliphatic carbocycles. The molecule has 0 bridgehead atoms. The van der Waals surface area contributed by atoms with Crippen LogP contribution >= 0.6 is 15.9 Å². The van der Waals surface area contributed by atoms with Gasteiger partial charge in [-0.05, 0) is 46.6 Å². The topological polar surface area (TPSA) is 51.2 Å². The first kappa shape index (κ1) is 14.5. The average molecular weight is 339 g/mol. The Morgan fingerprint density at radius 1 is 1.40 bits per heavy atom. The molecular weight excluding hydrogens is 327 g/mol. The molecule has 1 amide bonds. The molecule has 0 aliphatic heterocycles. The van der Waals surface area contributed by atoms with E-state index < -0.39 is 11.7 Å². The van der Waals surface area contributed by atoms with E-state index in [1.807, 2.05) is 6.92 Å². The monoisotopic (exact) mass is 338 g/mol. The van der Waals surface area contributed by atoms with Crippen molar-refractivity contribution < 1.29 is 13.9 Å². The number of nitrogens with zero attached hydrogens (tertiary/aromatic N) is 1. The maximum absolute atomic E-state index is 13.8. The molecule has 2 rings (SSSR count). The Morgan fingerprint density at radius 3 is 2.75 bits per heavy atom. The second-order valence-corrected chi connectivity index (χ2v) is 4.97. The zero-order valence-corrected chi connectivity index (χ0v) is 12.5. The number of aryl methyl sites for hydroxylation is 1. The van der Waals surface area contributed by atoms with Crippen LogP contribution in [0.25, 0.3) is 0 Å². The molecule has 0 saturated carbocycles. The van der Waals surface area contributed by atoms with Gasteiger partial charge in [0.05, 0.1) is 12.7 Å². The molecular formula is C14H12BrFN2O2. The van der Waals surface area contributed by atoms with Crippen molar-refractivity contribution >= 4 is 27.7 Å². The second kappa shape index (κ2) is 6.00. The van der Waals surface area contributed by atoms with Crippen molar-refractivity contribution in [2.75, 3.05) is 12.4 Å². The van der Waals surface area contributed by atoms with Crippen molar-refractivity contribution in [2.45, 2.75) is 6.92 Å². The lowest BCUT2D eigenvalue weighted by molar-refractivity contribution is 0.102. The molecule has 0 unspecified atom stereocenters. The molecule has 0 atom stereocenters. The van der Waals surface area contributed by atoms with Crippen molar-refractivity contribution in [3.63, 3.8) is 0 Å². The van der Waals surface area contributed by atoms with Crippen molar-refractivity contribution in [1.82, 2.24) is 4.98 Å². The summed E-state index contributed by atoms with van der Waals surface area (Å²) in [6.45, 7) is 1.87. The lowest BCUT2D eigenvalue weighted by atomic mass is 10.2.